The summed E-state index contributed by atoms with van der Waals surface area (Å²) >= 11 is 0. The fourth-order valence-electron chi connectivity index (χ4n) is 5.99. The highest BCUT2D eigenvalue weighted by Gasteiger charge is 2.48. The second kappa shape index (κ2) is 34.8. The van der Waals surface area contributed by atoms with Gasteiger partial charge in [0.15, 0.2) is 6.29 Å². The summed E-state index contributed by atoms with van der Waals surface area (Å²) in [6.07, 6.45) is 32.6. The van der Waals surface area contributed by atoms with Gasteiger partial charge in [-0.1, -0.05) is 139 Å². The molecular weight excluding hydrogens is 741 g/mol. The van der Waals surface area contributed by atoms with Crippen molar-refractivity contribution in [3.05, 3.63) is 60.8 Å². The Morgan fingerprint density at radius 2 is 1.23 bits per heavy atom. The topological polar surface area (TPSA) is 178 Å². The quantitative estimate of drug-likeness (QED) is 0.0209. The van der Waals surface area contributed by atoms with Crippen LogP contribution in [0.15, 0.2) is 60.8 Å². The van der Waals surface area contributed by atoms with Gasteiger partial charge in [0.1, 0.15) is 30.5 Å². The summed E-state index contributed by atoms with van der Waals surface area (Å²) < 4.78 is 58.8. The summed E-state index contributed by atoms with van der Waals surface area (Å²) in [4.78, 5) is 12.8. The van der Waals surface area contributed by atoms with E-state index < -0.39 is 59.8 Å². The van der Waals surface area contributed by atoms with E-state index in [0.717, 1.165) is 70.6 Å². The predicted molar refractivity (Wildman–Crippen MR) is 220 cm³/mol. The molecule has 0 radical (unpaired) electrons. The molecule has 0 aromatic rings. The highest BCUT2D eigenvalue weighted by Crippen LogP contribution is 2.26. The monoisotopic (exact) mass is 814 g/mol. The maximum absolute atomic E-state index is 12.8. The molecular formula is C43H74O12S. The third-order valence-corrected chi connectivity index (χ3v) is 9.62. The van der Waals surface area contributed by atoms with E-state index in [1.807, 2.05) is 0 Å². The van der Waals surface area contributed by atoms with Crippen LogP contribution >= 0.6 is 0 Å². The molecule has 56 heavy (non-hydrogen) atoms. The van der Waals surface area contributed by atoms with Gasteiger partial charge in [-0.25, -0.2) is 4.18 Å². The van der Waals surface area contributed by atoms with Crippen molar-refractivity contribution in [3.63, 3.8) is 0 Å². The molecule has 6 atom stereocenters. The number of carbonyl (C=O) groups excluding carboxylic acids is 1. The third kappa shape index (κ3) is 28.2. The molecule has 1 aliphatic rings. The first-order chi connectivity index (χ1) is 27.1. The highest BCUT2D eigenvalue weighted by molar-refractivity contribution is 7.80. The third-order valence-electron chi connectivity index (χ3n) is 9.15. The van der Waals surface area contributed by atoms with Gasteiger partial charge < -0.3 is 34.3 Å². The summed E-state index contributed by atoms with van der Waals surface area (Å²) in [5.41, 5.74) is 0. The van der Waals surface area contributed by atoms with Gasteiger partial charge in [0.05, 0.1) is 19.8 Å². The van der Waals surface area contributed by atoms with Crippen LogP contribution in [0.3, 0.4) is 0 Å². The van der Waals surface area contributed by atoms with Crippen molar-refractivity contribution in [3.8, 4) is 0 Å². The Morgan fingerprint density at radius 1 is 0.696 bits per heavy atom. The summed E-state index contributed by atoms with van der Waals surface area (Å²) in [7, 11) is -5.06. The predicted octanol–water partition coefficient (Wildman–Crippen LogP) is 8.18. The Hall–Kier alpha value is -2.20. The fourth-order valence-corrected chi connectivity index (χ4v) is 6.50. The van der Waals surface area contributed by atoms with Gasteiger partial charge in [0.2, 0.25) is 0 Å². The van der Waals surface area contributed by atoms with Crippen molar-refractivity contribution < 1.29 is 56.2 Å². The molecule has 0 amide bonds. The van der Waals surface area contributed by atoms with Gasteiger partial charge >= 0.3 is 16.4 Å². The van der Waals surface area contributed by atoms with Gasteiger partial charge in [-0.3, -0.25) is 9.35 Å². The van der Waals surface area contributed by atoms with Crippen LogP contribution in [0, 0.1) is 0 Å². The van der Waals surface area contributed by atoms with Crippen LogP contribution in [0.4, 0.5) is 0 Å². The number of ether oxygens (including phenoxy) is 4. The first kappa shape index (κ1) is 51.8. The Bertz CT molecular complexity index is 1220. The average Bonchev–Trinajstić information content (AvgIpc) is 3.17. The van der Waals surface area contributed by atoms with Crippen LogP contribution in [0.2, 0.25) is 0 Å². The molecule has 0 spiro atoms. The number of hydrogen-bond donors (Lipinski definition) is 4. The molecule has 0 aromatic carbocycles. The smallest absolute Gasteiger partial charge is 0.397 e. The molecule has 0 bridgehead atoms. The number of allylic oxidation sites excluding steroid dienone is 10. The average molecular weight is 815 g/mol. The number of esters is 1. The molecule has 6 unspecified atom stereocenters. The summed E-state index contributed by atoms with van der Waals surface area (Å²) in [6.45, 7) is 3.80. The zero-order valence-corrected chi connectivity index (χ0v) is 35.0. The summed E-state index contributed by atoms with van der Waals surface area (Å²) in [5, 5.41) is 30.6. The van der Waals surface area contributed by atoms with E-state index in [0.29, 0.717) is 13.0 Å². The molecule has 324 valence electrons. The minimum Gasteiger partial charge on any atom is -0.457 e. The second-order valence-corrected chi connectivity index (χ2v) is 15.3. The van der Waals surface area contributed by atoms with Crippen LogP contribution in [-0.4, -0.2) is 97.5 Å². The number of rotatable bonds is 35. The lowest BCUT2D eigenvalue weighted by Crippen LogP contribution is -2.60. The molecule has 1 rings (SSSR count). The number of unbranched alkanes of at least 4 members (excludes halogenated alkanes) is 12. The molecule has 1 aliphatic heterocycles. The van der Waals surface area contributed by atoms with Gasteiger partial charge in [-0.2, -0.15) is 8.42 Å². The van der Waals surface area contributed by atoms with E-state index >= 15 is 0 Å². The number of aliphatic hydroxyl groups excluding tert-OH is 3. The van der Waals surface area contributed by atoms with E-state index in [4.69, 9.17) is 23.5 Å². The van der Waals surface area contributed by atoms with Gasteiger partial charge in [-0.15, -0.1) is 0 Å². The van der Waals surface area contributed by atoms with E-state index in [-0.39, 0.29) is 19.6 Å². The van der Waals surface area contributed by atoms with Crippen molar-refractivity contribution >= 4 is 16.4 Å². The van der Waals surface area contributed by atoms with Crippen molar-refractivity contribution in [2.45, 2.75) is 179 Å². The lowest BCUT2D eigenvalue weighted by molar-refractivity contribution is -0.301. The molecule has 0 aromatic heterocycles. The molecule has 0 aliphatic carbocycles. The first-order valence-corrected chi connectivity index (χ1v) is 22.4. The standard InChI is InChI=1S/C43H74O12S/c1-3-5-7-9-11-13-15-16-17-18-19-20-21-22-23-24-26-28-30-32-39(45)53-37(35-51-33-31-29-27-25-14-12-10-8-6-4-2)36-52-43-41(47)42(55-56(48,49)50)40(46)38(34-44)54-43/h5,7,11,13,16-17,19-20,22-23,37-38,40-44,46-47H,3-4,6,8-10,12,14-15,18,21,24-36H2,1-2H3,(H,48,49,50)/b7-5-,13-11-,17-16-,20-19-,23-22-. The molecule has 12 nitrogen and oxygen atoms in total. The van der Waals surface area contributed by atoms with Crippen molar-refractivity contribution in [2.75, 3.05) is 26.4 Å². The Kier molecular flexibility index (Phi) is 32.2. The second-order valence-electron chi connectivity index (χ2n) is 14.2. The number of hydrogen-bond acceptors (Lipinski definition) is 11. The molecule has 0 saturated carbocycles. The van der Waals surface area contributed by atoms with Gasteiger partial charge in [-0.05, 0) is 57.8 Å². The van der Waals surface area contributed by atoms with Crippen molar-refractivity contribution in [1.82, 2.24) is 0 Å². The zero-order chi connectivity index (χ0) is 41.1. The van der Waals surface area contributed by atoms with Crippen LogP contribution < -0.4 is 0 Å². The maximum atomic E-state index is 12.8. The number of carbonyl (C=O) groups is 1. The molecule has 1 saturated heterocycles. The minimum atomic E-state index is -5.06. The maximum Gasteiger partial charge on any atom is 0.397 e. The first-order valence-electron chi connectivity index (χ1n) is 21.0. The molecule has 1 fully saturated rings. The van der Waals surface area contributed by atoms with Crippen LogP contribution in [0.1, 0.15) is 142 Å². The zero-order valence-electron chi connectivity index (χ0n) is 34.2. The summed E-state index contributed by atoms with van der Waals surface area (Å²) in [6, 6.07) is 0. The van der Waals surface area contributed by atoms with Crippen LogP contribution in [0.25, 0.3) is 0 Å². The SMILES string of the molecule is CC/C=C\C/C=C\C/C=C\C/C=C\C/C=C\CCCCCC(=O)OC(COCCCCCCCCCCCC)COC1OC(CO)C(O)C(OS(=O)(=O)O)C1O. The van der Waals surface area contributed by atoms with Gasteiger partial charge in [0.25, 0.3) is 0 Å². The number of aliphatic hydroxyl groups is 3. The lowest BCUT2D eigenvalue weighted by atomic mass is 9.99. The van der Waals surface area contributed by atoms with E-state index in [9.17, 15) is 28.5 Å². The van der Waals surface area contributed by atoms with Crippen LogP contribution in [0.5, 0.6) is 0 Å². The lowest BCUT2D eigenvalue weighted by Gasteiger charge is -2.41. The Morgan fingerprint density at radius 3 is 1.79 bits per heavy atom. The van der Waals surface area contributed by atoms with Crippen molar-refractivity contribution in [2.24, 2.45) is 0 Å². The molecule has 1 heterocycles. The van der Waals surface area contributed by atoms with E-state index in [1.54, 1.807) is 0 Å². The minimum absolute atomic E-state index is 0.0209. The normalized spacial score (nSPS) is 21.4. The Labute approximate surface area is 338 Å². The molecule has 4 N–H and O–H groups in total. The largest absolute Gasteiger partial charge is 0.457 e. The van der Waals surface area contributed by atoms with Crippen LogP contribution in [-0.2, 0) is 38.3 Å². The fraction of sp³-hybridized carbons (Fsp3) is 0.744. The van der Waals surface area contributed by atoms with Crippen molar-refractivity contribution in [1.29, 1.82) is 0 Å². The van der Waals surface area contributed by atoms with E-state index in [2.05, 4.69) is 78.8 Å². The van der Waals surface area contributed by atoms with E-state index in [1.165, 1.54) is 44.9 Å². The Balaban J connectivity index is 2.48. The highest BCUT2D eigenvalue weighted by atomic mass is 32.3. The molecule has 13 heteroatoms. The van der Waals surface area contributed by atoms with Gasteiger partial charge in [0, 0.05) is 13.0 Å². The summed E-state index contributed by atoms with van der Waals surface area (Å²) in [5.74, 6) is -0.433.